The summed E-state index contributed by atoms with van der Waals surface area (Å²) >= 11 is 6.05. The van der Waals surface area contributed by atoms with Crippen molar-refractivity contribution in [3.63, 3.8) is 0 Å². The van der Waals surface area contributed by atoms with E-state index in [9.17, 15) is 4.79 Å². The molecule has 4 heteroatoms. The molecule has 124 valence electrons. The maximum atomic E-state index is 12.6. The zero-order valence-electron chi connectivity index (χ0n) is 14.0. The number of carbonyl (C=O) groups excluding carboxylic acids is 1. The quantitative estimate of drug-likeness (QED) is 0.549. The Morgan fingerprint density at radius 3 is 2.38 bits per heavy atom. The van der Waals surface area contributed by atoms with Crippen molar-refractivity contribution in [2.24, 2.45) is 0 Å². The number of carbonyl (C=O) groups is 1. The van der Waals surface area contributed by atoms with Crippen LogP contribution in [0.15, 0.2) is 54.6 Å². The van der Waals surface area contributed by atoms with Crippen molar-refractivity contribution in [3.8, 4) is 11.1 Å². The van der Waals surface area contributed by atoms with Crippen molar-refractivity contribution in [1.29, 1.82) is 0 Å². The fraction of sp³-hybridized carbons (Fsp3) is 0.250. The summed E-state index contributed by atoms with van der Waals surface area (Å²) in [4.78, 5) is 12.6. The van der Waals surface area contributed by atoms with Crippen LogP contribution in [0.2, 0.25) is 0 Å². The van der Waals surface area contributed by atoms with Crippen molar-refractivity contribution in [2.75, 3.05) is 0 Å². The highest BCUT2D eigenvalue weighted by Gasteiger charge is 2.22. The molecule has 0 aliphatic rings. The first kappa shape index (κ1) is 16.6. The van der Waals surface area contributed by atoms with Crippen LogP contribution < -0.4 is 0 Å². The fourth-order valence-electron chi connectivity index (χ4n) is 2.70. The van der Waals surface area contributed by atoms with E-state index in [2.05, 4.69) is 18.2 Å². The Balaban J connectivity index is 2.09. The van der Waals surface area contributed by atoms with E-state index in [4.69, 9.17) is 16.3 Å². The first-order valence-electron chi connectivity index (χ1n) is 7.88. The lowest BCUT2D eigenvalue weighted by atomic mass is 10.0. The second kappa shape index (κ2) is 6.33. The highest BCUT2D eigenvalue weighted by atomic mass is 35.5. The van der Waals surface area contributed by atoms with Crippen molar-refractivity contribution in [1.82, 2.24) is 4.57 Å². The number of halogens is 1. The van der Waals surface area contributed by atoms with Gasteiger partial charge in [-0.1, -0.05) is 36.4 Å². The van der Waals surface area contributed by atoms with Crippen molar-refractivity contribution < 1.29 is 9.53 Å². The molecule has 0 aliphatic heterocycles. The standard InChI is InChI=1S/C20H20ClNO2/c1-20(2,3)24-19(23)22-17(13-21)12-16-11-15(9-10-18(16)22)14-7-5-4-6-8-14/h4-12H,13H2,1-3H3. The van der Waals surface area contributed by atoms with Crippen LogP contribution in [0.4, 0.5) is 4.79 Å². The number of hydrogen-bond acceptors (Lipinski definition) is 2. The van der Waals surface area contributed by atoms with Crippen LogP contribution in [0.25, 0.3) is 22.0 Å². The second-order valence-corrected chi connectivity index (χ2v) is 6.99. The molecule has 0 bridgehead atoms. The van der Waals surface area contributed by atoms with E-state index in [1.54, 1.807) is 4.57 Å². The van der Waals surface area contributed by atoms with E-state index in [0.29, 0.717) is 0 Å². The smallest absolute Gasteiger partial charge is 0.419 e. The normalized spacial score (nSPS) is 11.7. The van der Waals surface area contributed by atoms with E-state index >= 15 is 0 Å². The molecule has 0 fully saturated rings. The van der Waals surface area contributed by atoms with Crippen LogP contribution in [0, 0.1) is 0 Å². The minimum atomic E-state index is -0.554. The number of fused-ring (bicyclic) bond motifs is 1. The van der Waals surface area contributed by atoms with Gasteiger partial charge in [-0.25, -0.2) is 9.36 Å². The first-order chi connectivity index (χ1) is 11.4. The largest absolute Gasteiger partial charge is 0.443 e. The number of rotatable bonds is 2. The predicted octanol–water partition coefficient (Wildman–Crippen LogP) is 5.83. The van der Waals surface area contributed by atoms with E-state index in [1.165, 1.54) is 0 Å². The van der Waals surface area contributed by atoms with Crippen molar-refractivity contribution in [3.05, 3.63) is 60.3 Å². The van der Waals surface area contributed by atoms with Gasteiger partial charge in [0.05, 0.1) is 11.4 Å². The lowest BCUT2D eigenvalue weighted by molar-refractivity contribution is 0.0541. The van der Waals surface area contributed by atoms with E-state index < -0.39 is 11.7 Å². The van der Waals surface area contributed by atoms with Gasteiger partial charge in [-0.3, -0.25) is 0 Å². The Morgan fingerprint density at radius 2 is 1.75 bits per heavy atom. The van der Waals surface area contributed by atoms with Gasteiger partial charge < -0.3 is 4.74 Å². The van der Waals surface area contributed by atoms with Crippen LogP contribution >= 0.6 is 11.6 Å². The molecule has 0 radical (unpaired) electrons. The third-order valence-corrected chi connectivity index (χ3v) is 3.97. The number of ether oxygens (including phenoxy) is 1. The molecule has 0 spiro atoms. The highest BCUT2D eigenvalue weighted by molar-refractivity contribution is 6.17. The average Bonchev–Trinajstić information content (AvgIpc) is 2.91. The topological polar surface area (TPSA) is 31.2 Å². The average molecular weight is 342 g/mol. The molecule has 2 aromatic carbocycles. The predicted molar refractivity (Wildman–Crippen MR) is 98.6 cm³/mol. The molecule has 0 atom stereocenters. The van der Waals surface area contributed by atoms with Gasteiger partial charge in [0.25, 0.3) is 0 Å². The zero-order valence-corrected chi connectivity index (χ0v) is 14.8. The number of alkyl halides is 1. The monoisotopic (exact) mass is 341 g/mol. The van der Waals surface area contributed by atoms with Crippen LogP contribution in [-0.4, -0.2) is 16.3 Å². The van der Waals surface area contributed by atoms with Gasteiger partial charge in [0.1, 0.15) is 5.60 Å². The molecule has 1 aromatic heterocycles. The van der Waals surface area contributed by atoms with Crippen LogP contribution in [0.1, 0.15) is 26.5 Å². The molecule has 0 saturated carbocycles. The summed E-state index contributed by atoms with van der Waals surface area (Å²) in [6, 6.07) is 18.1. The van der Waals surface area contributed by atoms with E-state index in [-0.39, 0.29) is 5.88 Å². The van der Waals surface area contributed by atoms with Crippen molar-refractivity contribution in [2.45, 2.75) is 32.3 Å². The van der Waals surface area contributed by atoms with Crippen molar-refractivity contribution >= 4 is 28.6 Å². The third kappa shape index (κ3) is 3.31. The molecule has 3 aromatic rings. The van der Waals surface area contributed by atoms with Gasteiger partial charge in [-0.2, -0.15) is 0 Å². The molecule has 3 rings (SSSR count). The van der Waals surface area contributed by atoms with Gasteiger partial charge >= 0.3 is 6.09 Å². The van der Waals surface area contributed by atoms with Gasteiger partial charge in [-0.15, -0.1) is 11.6 Å². The number of hydrogen-bond donors (Lipinski definition) is 0. The Morgan fingerprint density at radius 1 is 1.04 bits per heavy atom. The molecule has 0 aliphatic carbocycles. The molecule has 1 heterocycles. The van der Waals surface area contributed by atoms with Crippen LogP contribution in [-0.2, 0) is 10.6 Å². The van der Waals surface area contributed by atoms with Gasteiger partial charge in [0, 0.05) is 11.1 Å². The summed E-state index contributed by atoms with van der Waals surface area (Å²) in [5, 5.41) is 0.970. The van der Waals surface area contributed by atoms with Gasteiger partial charge in [-0.05, 0) is 50.1 Å². The molecular weight excluding hydrogens is 322 g/mol. The minimum Gasteiger partial charge on any atom is -0.443 e. The molecular formula is C20H20ClNO2. The summed E-state index contributed by atoms with van der Waals surface area (Å²) in [6.07, 6.45) is -0.402. The SMILES string of the molecule is CC(C)(C)OC(=O)n1c(CCl)cc2cc(-c3ccccc3)ccc21. The van der Waals surface area contributed by atoms with E-state index in [1.807, 2.05) is 57.2 Å². The van der Waals surface area contributed by atoms with Gasteiger partial charge in [0.2, 0.25) is 0 Å². The molecule has 0 saturated heterocycles. The van der Waals surface area contributed by atoms with Crippen LogP contribution in [0.3, 0.4) is 0 Å². The maximum absolute atomic E-state index is 12.6. The van der Waals surface area contributed by atoms with Crippen LogP contribution in [0.5, 0.6) is 0 Å². The molecule has 0 unspecified atom stereocenters. The highest BCUT2D eigenvalue weighted by Crippen LogP contribution is 2.28. The number of aromatic nitrogens is 1. The first-order valence-corrected chi connectivity index (χ1v) is 8.41. The Bertz CT molecular complexity index is 876. The zero-order chi connectivity index (χ0) is 17.3. The molecule has 0 N–H and O–H groups in total. The summed E-state index contributed by atoms with van der Waals surface area (Å²) in [7, 11) is 0. The second-order valence-electron chi connectivity index (χ2n) is 6.72. The minimum absolute atomic E-state index is 0.245. The lowest BCUT2D eigenvalue weighted by Gasteiger charge is -2.20. The van der Waals surface area contributed by atoms with Gasteiger partial charge in [0.15, 0.2) is 0 Å². The Kier molecular flexibility index (Phi) is 4.37. The summed E-state index contributed by atoms with van der Waals surface area (Å²) in [5.41, 5.74) is 3.22. The molecule has 0 amide bonds. The van der Waals surface area contributed by atoms with E-state index in [0.717, 1.165) is 27.7 Å². The summed E-state index contributed by atoms with van der Waals surface area (Å²) < 4.78 is 7.07. The summed E-state index contributed by atoms with van der Waals surface area (Å²) in [6.45, 7) is 5.55. The summed E-state index contributed by atoms with van der Waals surface area (Å²) in [5.74, 6) is 0.245. The maximum Gasteiger partial charge on any atom is 0.419 e. The molecule has 3 nitrogen and oxygen atoms in total. The Labute approximate surface area is 146 Å². The lowest BCUT2D eigenvalue weighted by Crippen LogP contribution is -2.27. The third-order valence-electron chi connectivity index (χ3n) is 3.70. The Hall–Kier alpha value is -2.26. The fourth-order valence-corrected chi connectivity index (χ4v) is 2.90. The number of nitrogens with zero attached hydrogens (tertiary/aromatic N) is 1. The number of benzene rings is 2. The molecule has 24 heavy (non-hydrogen) atoms.